The molecule has 0 aliphatic heterocycles. The van der Waals surface area contributed by atoms with Crippen LogP contribution >= 0.6 is 11.3 Å². The highest BCUT2D eigenvalue weighted by Crippen LogP contribution is 2.25. The van der Waals surface area contributed by atoms with Gasteiger partial charge in [0.2, 0.25) is 0 Å². The van der Waals surface area contributed by atoms with Gasteiger partial charge < -0.3 is 0 Å². The molecule has 0 aliphatic rings. The van der Waals surface area contributed by atoms with Crippen molar-refractivity contribution in [1.29, 1.82) is 0 Å². The molecule has 56 valence electrons. The maximum Gasteiger partial charge on any atom is 0.0345 e. The molecule has 0 amide bonds. The van der Waals surface area contributed by atoms with Crippen molar-refractivity contribution in [1.82, 2.24) is 0 Å². The summed E-state index contributed by atoms with van der Waals surface area (Å²) in [7, 11) is 0. The van der Waals surface area contributed by atoms with Crippen LogP contribution in [0, 0.1) is 13.8 Å². The van der Waals surface area contributed by atoms with E-state index < -0.39 is 0 Å². The van der Waals surface area contributed by atoms with E-state index in [4.69, 9.17) is 0 Å². The van der Waals surface area contributed by atoms with Crippen molar-refractivity contribution in [3.63, 3.8) is 0 Å². The van der Waals surface area contributed by atoms with Crippen molar-refractivity contribution in [2.45, 2.75) is 13.8 Å². The first-order valence-corrected chi connectivity index (χ1v) is 4.60. The minimum atomic E-state index is 1.35. The number of aryl methyl sites for hydroxylation is 2. The maximum atomic E-state index is 2.25. The van der Waals surface area contributed by atoms with E-state index in [0.717, 1.165) is 0 Å². The fourth-order valence-electron chi connectivity index (χ4n) is 1.27. The van der Waals surface area contributed by atoms with Crippen LogP contribution in [0.5, 0.6) is 0 Å². The van der Waals surface area contributed by atoms with Crippen molar-refractivity contribution in [3.8, 4) is 0 Å². The molecule has 0 bridgehead atoms. The van der Waals surface area contributed by atoms with E-state index in [0.29, 0.717) is 0 Å². The predicted molar refractivity (Wildman–Crippen MR) is 51.3 cm³/mol. The summed E-state index contributed by atoms with van der Waals surface area (Å²) < 4.78 is 1.40. The van der Waals surface area contributed by atoms with Gasteiger partial charge in [-0.2, -0.15) is 0 Å². The first-order chi connectivity index (χ1) is 5.27. The first kappa shape index (κ1) is 6.86. The lowest BCUT2D eigenvalue weighted by atomic mass is 10.1. The molecule has 2 rings (SSSR count). The van der Waals surface area contributed by atoms with Crippen LogP contribution in [0.1, 0.15) is 11.1 Å². The summed E-state index contributed by atoms with van der Waals surface area (Å²) in [6, 6.07) is 6.61. The highest BCUT2D eigenvalue weighted by Gasteiger charge is 1.97. The van der Waals surface area contributed by atoms with Gasteiger partial charge in [-0.25, -0.2) is 0 Å². The Labute approximate surface area is 70.5 Å². The summed E-state index contributed by atoms with van der Waals surface area (Å²) in [6.45, 7) is 4.30. The maximum absolute atomic E-state index is 2.25. The summed E-state index contributed by atoms with van der Waals surface area (Å²) in [4.78, 5) is 0. The monoisotopic (exact) mass is 162 g/mol. The van der Waals surface area contributed by atoms with E-state index in [1.54, 1.807) is 0 Å². The average Bonchev–Trinajstić information content (AvgIpc) is 2.33. The molecular formula is C10H10S. The van der Waals surface area contributed by atoms with Crippen LogP contribution in [-0.4, -0.2) is 0 Å². The van der Waals surface area contributed by atoms with Gasteiger partial charge >= 0.3 is 0 Å². The fraction of sp³-hybridized carbons (Fsp3) is 0.200. The number of fused-ring (bicyclic) bond motifs is 1. The van der Waals surface area contributed by atoms with Crippen LogP contribution in [0.15, 0.2) is 23.6 Å². The second-order valence-electron chi connectivity index (χ2n) is 2.92. The molecular weight excluding hydrogens is 152 g/mol. The van der Waals surface area contributed by atoms with Crippen LogP contribution in [0.4, 0.5) is 0 Å². The molecule has 1 aromatic carbocycles. The minimum absolute atomic E-state index is 1.35. The Morgan fingerprint density at radius 3 is 2.82 bits per heavy atom. The van der Waals surface area contributed by atoms with Crippen molar-refractivity contribution in [2.24, 2.45) is 0 Å². The zero-order valence-electron chi connectivity index (χ0n) is 6.72. The summed E-state index contributed by atoms with van der Waals surface area (Å²) in [5.41, 5.74) is 2.74. The van der Waals surface area contributed by atoms with E-state index >= 15 is 0 Å². The zero-order chi connectivity index (χ0) is 7.84. The van der Waals surface area contributed by atoms with Gasteiger partial charge in [-0.15, -0.1) is 11.3 Å². The fourth-order valence-corrected chi connectivity index (χ4v) is 2.19. The third kappa shape index (κ3) is 1.05. The smallest absolute Gasteiger partial charge is 0.0345 e. The second-order valence-corrected chi connectivity index (χ2v) is 3.83. The van der Waals surface area contributed by atoms with Gasteiger partial charge in [0.1, 0.15) is 0 Å². The van der Waals surface area contributed by atoms with Gasteiger partial charge in [0, 0.05) is 4.70 Å². The Hall–Kier alpha value is -0.820. The molecule has 1 aromatic heterocycles. The van der Waals surface area contributed by atoms with Gasteiger partial charge in [0.15, 0.2) is 0 Å². The standard InChI is InChI=1S/C10H10S/c1-7-3-4-10-9(5-7)8(2)6-11-10/h3-6H,1-2H3. The normalized spacial score (nSPS) is 10.7. The Morgan fingerprint density at radius 2 is 2.00 bits per heavy atom. The van der Waals surface area contributed by atoms with E-state index in [1.165, 1.54) is 21.2 Å². The molecule has 0 atom stereocenters. The topological polar surface area (TPSA) is 0 Å². The molecule has 0 unspecified atom stereocenters. The first-order valence-electron chi connectivity index (χ1n) is 3.72. The zero-order valence-corrected chi connectivity index (χ0v) is 7.53. The molecule has 0 saturated heterocycles. The largest absolute Gasteiger partial charge is 0.144 e. The van der Waals surface area contributed by atoms with Gasteiger partial charge in [0.25, 0.3) is 0 Å². The SMILES string of the molecule is Cc1ccc2scc(C)c2c1. The highest BCUT2D eigenvalue weighted by atomic mass is 32.1. The number of rotatable bonds is 0. The lowest BCUT2D eigenvalue weighted by Crippen LogP contribution is -1.70. The third-order valence-corrected chi connectivity index (χ3v) is 3.00. The lowest BCUT2D eigenvalue weighted by molar-refractivity contribution is 1.50. The molecule has 0 nitrogen and oxygen atoms in total. The lowest BCUT2D eigenvalue weighted by Gasteiger charge is -1.92. The van der Waals surface area contributed by atoms with Crippen molar-refractivity contribution < 1.29 is 0 Å². The summed E-state index contributed by atoms with van der Waals surface area (Å²) in [6.07, 6.45) is 0. The molecule has 0 saturated carbocycles. The Kier molecular flexibility index (Phi) is 1.46. The number of hydrogen-bond acceptors (Lipinski definition) is 1. The molecule has 1 heteroatoms. The van der Waals surface area contributed by atoms with Crippen LogP contribution in [0.3, 0.4) is 0 Å². The van der Waals surface area contributed by atoms with Crippen LogP contribution in [0.25, 0.3) is 10.1 Å². The summed E-state index contributed by atoms with van der Waals surface area (Å²) >= 11 is 1.82. The third-order valence-electron chi connectivity index (χ3n) is 1.92. The Bertz CT molecular complexity index is 385. The Balaban J connectivity index is 2.87. The second kappa shape index (κ2) is 2.35. The van der Waals surface area contributed by atoms with Crippen LogP contribution in [-0.2, 0) is 0 Å². The molecule has 0 N–H and O–H groups in total. The molecule has 1 heterocycles. The molecule has 0 spiro atoms. The highest BCUT2D eigenvalue weighted by molar-refractivity contribution is 7.17. The summed E-state index contributed by atoms with van der Waals surface area (Å²) in [5, 5.41) is 3.62. The number of hydrogen-bond donors (Lipinski definition) is 0. The molecule has 0 fully saturated rings. The minimum Gasteiger partial charge on any atom is -0.144 e. The van der Waals surface area contributed by atoms with E-state index in [1.807, 2.05) is 11.3 Å². The van der Waals surface area contributed by atoms with Gasteiger partial charge in [0.05, 0.1) is 0 Å². The average molecular weight is 162 g/mol. The van der Waals surface area contributed by atoms with Crippen LogP contribution in [0.2, 0.25) is 0 Å². The van der Waals surface area contributed by atoms with E-state index in [9.17, 15) is 0 Å². The number of benzene rings is 1. The van der Waals surface area contributed by atoms with Crippen molar-refractivity contribution >= 4 is 21.4 Å². The van der Waals surface area contributed by atoms with Crippen LogP contribution < -0.4 is 0 Å². The molecule has 0 aliphatic carbocycles. The Morgan fingerprint density at radius 1 is 1.18 bits per heavy atom. The van der Waals surface area contributed by atoms with E-state index in [-0.39, 0.29) is 0 Å². The van der Waals surface area contributed by atoms with E-state index in [2.05, 4.69) is 37.4 Å². The quantitative estimate of drug-likeness (QED) is 0.556. The van der Waals surface area contributed by atoms with Gasteiger partial charge in [-0.1, -0.05) is 17.7 Å². The van der Waals surface area contributed by atoms with Gasteiger partial charge in [-0.3, -0.25) is 0 Å². The molecule has 0 radical (unpaired) electrons. The predicted octanol–water partition coefficient (Wildman–Crippen LogP) is 3.52. The summed E-state index contributed by atoms with van der Waals surface area (Å²) in [5.74, 6) is 0. The van der Waals surface area contributed by atoms with Gasteiger partial charge in [-0.05, 0) is 36.2 Å². The molecule has 2 aromatic rings. The van der Waals surface area contributed by atoms with Crippen molar-refractivity contribution in [2.75, 3.05) is 0 Å². The molecule has 11 heavy (non-hydrogen) atoms. The van der Waals surface area contributed by atoms with Crippen molar-refractivity contribution in [3.05, 3.63) is 34.7 Å². The number of thiophene rings is 1.